The van der Waals surface area contributed by atoms with Crippen LogP contribution in [0.25, 0.3) is 11.0 Å². The van der Waals surface area contributed by atoms with Gasteiger partial charge >= 0.3 is 0 Å². The molecular weight excluding hydrogens is 515 g/mol. The van der Waals surface area contributed by atoms with Gasteiger partial charge in [0, 0.05) is 24.7 Å². The molecule has 0 bridgehead atoms. The van der Waals surface area contributed by atoms with Gasteiger partial charge in [0.15, 0.2) is 5.82 Å². The van der Waals surface area contributed by atoms with Gasteiger partial charge in [0.1, 0.15) is 5.52 Å². The van der Waals surface area contributed by atoms with Gasteiger partial charge in [-0.1, -0.05) is 27.5 Å². The van der Waals surface area contributed by atoms with Crippen molar-refractivity contribution in [3.8, 4) is 0 Å². The van der Waals surface area contributed by atoms with Gasteiger partial charge in [0.2, 0.25) is 0 Å². The summed E-state index contributed by atoms with van der Waals surface area (Å²) in [4.78, 5) is 22.6. The Kier molecular flexibility index (Phi) is 7.85. The minimum absolute atomic E-state index is 0.0103. The number of benzene rings is 2. The summed E-state index contributed by atoms with van der Waals surface area (Å²) >= 11 is 9.68. The second-order valence-electron chi connectivity index (χ2n) is 8.05. The number of hydrogen-bond acceptors (Lipinski definition) is 5. The Morgan fingerprint density at radius 3 is 2.88 bits per heavy atom. The number of hydrogen-bond donors (Lipinski definition) is 2. The number of aromatic nitrogens is 2. The Morgan fingerprint density at radius 2 is 2.15 bits per heavy atom. The molecule has 0 aliphatic heterocycles. The molecule has 10 heteroatoms. The van der Waals surface area contributed by atoms with E-state index in [1.54, 1.807) is 37.7 Å². The molecule has 1 heterocycles. The summed E-state index contributed by atoms with van der Waals surface area (Å²) < 4.78 is 23.4. The number of imidazole rings is 1. The van der Waals surface area contributed by atoms with Crippen LogP contribution in [0.5, 0.6) is 0 Å². The van der Waals surface area contributed by atoms with Gasteiger partial charge in [-0.25, -0.2) is 14.9 Å². The zero-order valence-corrected chi connectivity index (χ0v) is 20.5. The molecule has 0 spiro atoms. The standard InChI is InChI=1S/C23H25BrClFN4O3/c1-32-9-3-2-8-30-13-27-22-19(30)11-16(23(31)29-33-12-14-4-5-14)21(20(22)26)28-18-7-6-15(24)10-17(18)25/h6-7,10-11,13-14,28H,2-5,8-9,12H2,1H3,(H,29,31). The second kappa shape index (κ2) is 10.8. The van der Waals surface area contributed by atoms with Gasteiger partial charge in [-0.3, -0.25) is 9.63 Å². The van der Waals surface area contributed by atoms with Crippen molar-refractivity contribution in [1.29, 1.82) is 0 Å². The fourth-order valence-corrected chi connectivity index (χ4v) is 4.18. The molecule has 176 valence electrons. The molecule has 1 aliphatic carbocycles. The number of rotatable bonds is 11. The van der Waals surface area contributed by atoms with Crippen LogP contribution in [0, 0.1) is 11.7 Å². The number of unbranched alkanes of at least 4 members (excludes halogenated alkanes) is 1. The van der Waals surface area contributed by atoms with E-state index in [9.17, 15) is 4.79 Å². The van der Waals surface area contributed by atoms with Gasteiger partial charge < -0.3 is 14.6 Å². The van der Waals surface area contributed by atoms with Crippen molar-refractivity contribution in [2.24, 2.45) is 5.92 Å². The lowest BCUT2D eigenvalue weighted by Gasteiger charge is -2.16. The van der Waals surface area contributed by atoms with Gasteiger partial charge in [-0.2, -0.15) is 0 Å². The molecular formula is C23H25BrClFN4O3. The van der Waals surface area contributed by atoms with Gasteiger partial charge in [0.25, 0.3) is 5.91 Å². The molecule has 1 aromatic heterocycles. The van der Waals surface area contributed by atoms with E-state index in [-0.39, 0.29) is 16.8 Å². The lowest BCUT2D eigenvalue weighted by Crippen LogP contribution is -2.26. The van der Waals surface area contributed by atoms with E-state index in [1.807, 2.05) is 4.57 Å². The number of fused-ring (bicyclic) bond motifs is 1. The van der Waals surface area contributed by atoms with Crippen molar-refractivity contribution in [2.45, 2.75) is 32.2 Å². The quantitative estimate of drug-likeness (QED) is 0.237. The third-order valence-corrected chi connectivity index (χ3v) is 6.28. The predicted octanol–water partition coefficient (Wildman–Crippen LogP) is 5.83. The summed E-state index contributed by atoms with van der Waals surface area (Å²) in [7, 11) is 1.66. The third-order valence-electron chi connectivity index (χ3n) is 5.47. The zero-order valence-electron chi connectivity index (χ0n) is 18.2. The van der Waals surface area contributed by atoms with Crippen LogP contribution in [-0.2, 0) is 16.1 Å². The zero-order chi connectivity index (χ0) is 23.4. The average molecular weight is 540 g/mol. The normalized spacial score (nSPS) is 13.5. The first kappa shape index (κ1) is 23.9. The first-order valence-electron chi connectivity index (χ1n) is 10.8. The lowest BCUT2D eigenvalue weighted by molar-refractivity contribution is 0.0271. The van der Waals surface area contributed by atoms with Crippen molar-refractivity contribution in [2.75, 3.05) is 25.6 Å². The maximum atomic E-state index is 15.7. The molecule has 2 N–H and O–H groups in total. The van der Waals surface area contributed by atoms with Crippen molar-refractivity contribution >= 4 is 55.8 Å². The van der Waals surface area contributed by atoms with E-state index in [2.05, 4.69) is 31.7 Å². The SMILES string of the molecule is COCCCCn1cnc2c(F)c(Nc3ccc(Br)cc3Cl)c(C(=O)NOCC3CC3)cc21. The van der Waals surface area contributed by atoms with Crippen molar-refractivity contribution in [3.05, 3.63) is 51.5 Å². The molecule has 1 saturated carbocycles. The minimum atomic E-state index is -0.630. The number of methoxy groups -OCH3 is 1. The highest BCUT2D eigenvalue weighted by atomic mass is 79.9. The highest BCUT2D eigenvalue weighted by Gasteiger charge is 2.25. The Labute approximate surface area is 204 Å². The topological polar surface area (TPSA) is 77.4 Å². The third kappa shape index (κ3) is 5.84. The number of carbonyl (C=O) groups is 1. The molecule has 0 saturated heterocycles. The molecule has 0 atom stereocenters. The number of amides is 1. The largest absolute Gasteiger partial charge is 0.385 e. The molecule has 1 aliphatic rings. The Bertz CT molecular complexity index is 1150. The van der Waals surface area contributed by atoms with Crippen LogP contribution >= 0.6 is 27.5 Å². The maximum Gasteiger partial charge on any atom is 0.277 e. The van der Waals surface area contributed by atoms with E-state index in [1.165, 1.54) is 0 Å². The number of hydroxylamine groups is 1. The molecule has 0 radical (unpaired) electrons. The number of nitrogens with one attached hydrogen (secondary N) is 2. The number of carbonyl (C=O) groups excluding carboxylic acids is 1. The molecule has 1 amide bonds. The fourth-order valence-electron chi connectivity index (χ4n) is 3.46. The highest BCUT2D eigenvalue weighted by Crippen LogP contribution is 2.34. The van der Waals surface area contributed by atoms with E-state index in [0.717, 1.165) is 30.2 Å². The molecule has 4 rings (SSSR count). The van der Waals surface area contributed by atoms with Crippen LogP contribution in [0.3, 0.4) is 0 Å². The number of anilines is 2. The lowest BCUT2D eigenvalue weighted by atomic mass is 10.1. The van der Waals surface area contributed by atoms with Crippen LogP contribution in [0.1, 0.15) is 36.0 Å². The summed E-state index contributed by atoms with van der Waals surface area (Å²) in [6, 6.07) is 6.80. The monoisotopic (exact) mass is 538 g/mol. The number of halogens is 3. The molecule has 0 unspecified atom stereocenters. The molecule has 1 fully saturated rings. The van der Waals surface area contributed by atoms with Gasteiger partial charge in [-0.05, 0) is 55.9 Å². The van der Waals surface area contributed by atoms with Crippen molar-refractivity contribution in [3.63, 3.8) is 0 Å². The number of ether oxygens (including phenoxy) is 1. The Hall–Kier alpha value is -2.20. The van der Waals surface area contributed by atoms with E-state index in [0.29, 0.717) is 41.9 Å². The summed E-state index contributed by atoms with van der Waals surface area (Å²) in [5.41, 5.74) is 3.72. The number of aryl methyl sites for hydroxylation is 1. The number of nitrogens with zero attached hydrogens (tertiary/aromatic N) is 2. The first-order valence-corrected chi connectivity index (χ1v) is 12.0. The van der Waals surface area contributed by atoms with Crippen molar-refractivity contribution < 1.29 is 18.8 Å². The Morgan fingerprint density at radius 1 is 1.33 bits per heavy atom. The van der Waals surface area contributed by atoms with Gasteiger partial charge in [-0.15, -0.1) is 0 Å². The summed E-state index contributed by atoms with van der Waals surface area (Å²) in [6.45, 7) is 1.72. The predicted molar refractivity (Wildman–Crippen MR) is 129 cm³/mol. The Balaban J connectivity index is 1.68. The van der Waals surface area contributed by atoms with Gasteiger partial charge in [0.05, 0.1) is 40.4 Å². The fraction of sp³-hybridized carbons (Fsp3) is 0.391. The summed E-state index contributed by atoms with van der Waals surface area (Å²) in [5.74, 6) is -0.703. The van der Waals surface area contributed by atoms with Crippen LogP contribution in [0.2, 0.25) is 5.02 Å². The second-order valence-corrected chi connectivity index (χ2v) is 9.38. The molecule has 3 aromatic rings. The van der Waals surface area contributed by atoms with Crippen LogP contribution in [-0.4, -0.2) is 35.8 Å². The van der Waals surface area contributed by atoms with E-state index < -0.39 is 11.7 Å². The summed E-state index contributed by atoms with van der Waals surface area (Å²) in [5, 5.41) is 3.36. The minimum Gasteiger partial charge on any atom is -0.385 e. The van der Waals surface area contributed by atoms with Crippen molar-refractivity contribution in [1.82, 2.24) is 15.0 Å². The molecule has 7 nitrogen and oxygen atoms in total. The molecule has 33 heavy (non-hydrogen) atoms. The highest BCUT2D eigenvalue weighted by molar-refractivity contribution is 9.10. The average Bonchev–Trinajstić information content (AvgIpc) is 3.52. The molecule has 2 aromatic carbocycles. The summed E-state index contributed by atoms with van der Waals surface area (Å²) in [6.07, 6.45) is 5.47. The van der Waals surface area contributed by atoms with Crippen LogP contribution in [0.15, 0.2) is 35.1 Å². The van der Waals surface area contributed by atoms with E-state index in [4.69, 9.17) is 21.2 Å². The first-order chi connectivity index (χ1) is 16.0. The smallest absolute Gasteiger partial charge is 0.277 e. The maximum absolute atomic E-state index is 15.7. The van der Waals surface area contributed by atoms with Crippen LogP contribution in [0.4, 0.5) is 15.8 Å². The van der Waals surface area contributed by atoms with E-state index >= 15 is 4.39 Å². The van der Waals surface area contributed by atoms with Crippen LogP contribution < -0.4 is 10.8 Å².